The molecule has 7 heteroatoms. The SMILES string of the molecule is NC(=O)[C@@H]1CCCCN1CCC(=O)Nc1ccc(N2CCCC2=O)cc1. The van der Waals surface area contributed by atoms with Gasteiger partial charge in [-0.05, 0) is 50.1 Å². The van der Waals surface area contributed by atoms with Crippen LogP contribution < -0.4 is 16.0 Å². The largest absolute Gasteiger partial charge is 0.368 e. The number of rotatable bonds is 6. The van der Waals surface area contributed by atoms with Crippen LogP contribution in [0, 0.1) is 0 Å². The fraction of sp³-hybridized carbons (Fsp3) is 0.526. The lowest BCUT2D eigenvalue weighted by Crippen LogP contribution is -2.48. The zero-order valence-corrected chi connectivity index (χ0v) is 14.9. The molecule has 2 aliphatic heterocycles. The number of anilines is 2. The van der Waals surface area contributed by atoms with Crippen molar-refractivity contribution < 1.29 is 14.4 Å². The smallest absolute Gasteiger partial charge is 0.234 e. The van der Waals surface area contributed by atoms with Crippen molar-refractivity contribution in [1.29, 1.82) is 0 Å². The van der Waals surface area contributed by atoms with Gasteiger partial charge in [-0.1, -0.05) is 6.42 Å². The molecule has 1 aromatic carbocycles. The molecular weight excluding hydrogens is 332 g/mol. The number of benzene rings is 1. The lowest BCUT2D eigenvalue weighted by atomic mass is 10.0. The van der Waals surface area contributed by atoms with E-state index in [-0.39, 0.29) is 23.8 Å². The topological polar surface area (TPSA) is 95.7 Å². The highest BCUT2D eigenvalue weighted by Crippen LogP contribution is 2.23. The van der Waals surface area contributed by atoms with Gasteiger partial charge in [-0.2, -0.15) is 0 Å². The van der Waals surface area contributed by atoms with Crippen molar-refractivity contribution in [2.24, 2.45) is 5.73 Å². The predicted molar refractivity (Wildman–Crippen MR) is 99.7 cm³/mol. The number of hydrogen-bond donors (Lipinski definition) is 2. The summed E-state index contributed by atoms with van der Waals surface area (Å²) in [6, 6.07) is 7.07. The Kier molecular flexibility index (Phi) is 5.88. The third-order valence-electron chi connectivity index (χ3n) is 5.10. The fourth-order valence-electron chi connectivity index (χ4n) is 3.70. The van der Waals surface area contributed by atoms with Crippen molar-refractivity contribution in [3.8, 4) is 0 Å². The molecule has 2 heterocycles. The van der Waals surface area contributed by atoms with E-state index in [0.29, 0.717) is 25.1 Å². The number of hydrogen-bond acceptors (Lipinski definition) is 4. The van der Waals surface area contributed by atoms with Gasteiger partial charge in [0.15, 0.2) is 0 Å². The molecule has 3 N–H and O–H groups in total. The highest BCUT2D eigenvalue weighted by Gasteiger charge is 2.27. The van der Waals surface area contributed by atoms with Crippen LogP contribution in [0.5, 0.6) is 0 Å². The highest BCUT2D eigenvalue weighted by atomic mass is 16.2. The minimum absolute atomic E-state index is 0.0937. The molecule has 0 saturated carbocycles. The molecule has 0 unspecified atom stereocenters. The minimum atomic E-state index is -0.308. The van der Waals surface area contributed by atoms with Gasteiger partial charge in [0, 0.05) is 37.3 Å². The molecule has 0 radical (unpaired) electrons. The first-order chi connectivity index (χ1) is 12.5. The molecular formula is C19H26N4O3. The van der Waals surface area contributed by atoms with Crippen molar-refractivity contribution in [1.82, 2.24) is 4.90 Å². The Balaban J connectivity index is 1.50. The maximum atomic E-state index is 12.2. The van der Waals surface area contributed by atoms with E-state index >= 15 is 0 Å². The average Bonchev–Trinajstić information content (AvgIpc) is 3.07. The molecule has 0 bridgehead atoms. The second kappa shape index (κ2) is 8.31. The monoisotopic (exact) mass is 358 g/mol. The van der Waals surface area contributed by atoms with E-state index < -0.39 is 0 Å². The van der Waals surface area contributed by atoms with Crippen LogP contribution in [-0.4, -0.2) is 48.3 Å². The second-order valence-electron chi connectivity index (χ2n) is 6.94. The number of piperidine rings is 1. The number of carbonyl (C=O) groups excluding carboxylic acids is 3. The first-order valence-corrected chi connectivity index (χ1v) is 9.28. The lowest BCUT2D eigenvalue weighted by Gasteiger charge is -2.33. The van der Waals surface area contributed by atoms with Crippen LogP contribution in [0.25, 0.3) is 0 Å². The average molecular weight is 358 g/mol. The van der Waals surface area contributed by atoms with Crippen LogP contribution in [0.3, 0.4) is 0 Å². The third kappa shape index (κ3) is 4.40. The summed E-state index contributed by atoms with van der Waals surface area (Å²) >= 11 is 0. The Morgan fingerprint density at radius 3 is 2.54 bits per heavy atom. The Hall–Kier alpha value is -2.41. The van der Waals surface area contributed by atoms with Crippen molar-refractivity contribution in [3.63, 3.8) is 0 Å². The summed E-state index contributed by atoms with van der Waals surface area (Å²) in [5.74, 6) is -0.256. The Bertz CT molecular complexity index is 674. The summed E-state index contributed by atoms with van der Waals surface area (Å²) < 4.78 is 0. The van der Waals surface area contributed by atoms with Crippen LogP contribution in [0.1, 0.15) is 38.5 Å². The molecule has 0 aliphatic carbocycles. The van der Waals surface area contributed by atoms with Crippen molar-refractivity contribution >= 4 is 29.1 Å². The first kappa shape index (κ1) is 18.4. The number of primary amides is 1. The van der Waals surface area contributed by atoms with E-state index in [1.54, 1.807) is 4.90 Å². The van der Waals surface area contributed by atoms with Gasteiger partial charge in [0.1, 0.15) is 0 Å². The summed E-state index contributed by atoms with van der Waals surface area (Å²) in [7, 11) is 0. The number of carbonyl (C=O) groups is 3. The van der Waals surface area contributed by atoms with E-state index in [1.165, 1.54) is 0 Å². The summed E-state index contributed by atoms with van der Waals surface area (Å²) in [6.45, 7) is 2.08. The molecule has 0 spiro atoms. The first-order valence-electron chi connectivity index (χ1n) is 9.28. The van der Waals surface area contributed by atoms with Crippen LogP contribution in [-0.2, 0) is 14.4 Å². The maximum Gasteiger partial charge on any atom is 0.234 e. The molecule has 1 atom stereocenters. The van der Waals surface area contributed by atoms with Crippen LogP contribution in [0.4, 0.5) is 11.4 Å². The summed E-state index contributed by atoms with van der Waals surface area (Å²) in [6.07, 6.45) is 4.61. The third-order valence-corrected chi connectivity index (χ3v) is 5.10. The molecule has 3 amide bonds. The van der Waals surface area contributed by atoms with E-state index in [0.717, 1.165) is 44.5 Å². The van der Waals surface area contributed by atoms with Crippen LogP contribution >= 0.6 is 0 Å². The Morgan fingerprint density at radius 2 is 1.88 bits per heavy atom. The Labute approximate surface area is 153 Å². The summed E-state index contributed by atoms with van der Waals surface area (Å²) in [4.78, 5) is 39.3. The number of nitrogens with zero attached hydrogens (tertiary/aromatic N) is 2. The van der Waals surface area contributed by atoms with Gasteiger partial charge < -0.3 is 16.0 Å². The van der Waals surface area contributed by atoms with Gasteiger partial charge in [-0.15, -0.1) is 0 Å². The van der Waals surface area contributed by atoms with Crippen molar-refractivity contribution in [2.45, 2.75) is 44.6 Å². The van der Waals surface area contributed by atoms with Crippen LogP contribution in [0.15, 0.2) is 24.3 Å². The predicted octanol–water partition coefficient (Wildman–Crippen LogP) is 1.48. The second-order valence-corrected chi connectivity index (χ2v) is 6.94. The van der Waals surface area contributed by atoms with Gasteiger partial charge in [0.05, 0.1) is 6.04 Å². The zero-order chi connectivity index (χ0) is 18.5. The molecule has 140 valence electrons. The number of amides is 3. The van der Waals surface area contributed by atoms with Gasteiger partial charge >= 0.3 is 0 Å². The number of nitrogens with one attached hydrogen (secondary N) is 1. The van der Waals surface area contributed by atoms with Gasteiger partial charge in [-0.25, -0.2) is 0 Å². The molecule has 2 aliphatic rings. The summed E-state index contributed by atoms with van der Waals surface area (Å²) in [5, 5.41) is 2.87. The molecule has 2 fully saturated rings. The van der Waals surface area contributed by atoms with Gasteiger partial charge in [0.2, 0.25) is 17.7 Å². The Morgan fingerprint density at radius 1 is 1.12 bits per heavy atom. The molecule has 3 rings (SSSR count). The number of nitrogens with two attached hydrogens (primary N) is 1. The van der Waals surface area contributed by atoms with E-state index in [2.05, 4.69) is 5.32 Å². The van der Waals surface area contributed by atoms with E-state index in [4.69, 9.17) is 5.73 Å². The zero-order valence-electron chi connectivity index (χ0n) is 14.9. The molecule has 0 aromatic heterocycles. The van der Waals surface area contributed by atoms with Crippen LogP contribution in [0.2, 0.25) is 0 Å². The molecule has 26 heavy (non-hydrogen) atoms. The van der Waals surface area contributed by atoms with Gasteiger partial charge in [-0.3, -0.25) is 19.3 Å². The fourth-order valence-corrected chi connectivity index (χ4v) is 3.70. The highest BCUT2D eigenvalue weighted by molar-refractivity contribution is 5.96. The lowest BCUT2D eigenvalue weighted by molar-refractivity contribution is -0.125. The summed E-state index contributed by atoms with van der Waals surface area (Å²) in [5.41, 5.74) is 7.02. The van der Waals surface area contributed by atoms with E-state index in [9.17, 15) is 14.4 Å². The maximum absolute atomic E-state index is 12.2. The normalized spacial score (nSPS) is 21.0. The number of likely N-dealkylation sites (tertiary alicyclic amines) is 1. The van der Waals surface area contributed by atoms with Crippen molar-refractivity contribution in [2.75, 3.05) is 29.9 Å². The van der Waals surface area contributed by atoms with Gasteiger partial charge in [0.25, 0.3) is 0 Å². The quantitative estimate of drug-likeness (QED) is 0.805. The van der Waals surface area contributed by atoms with Crippen molar-refractivity contribution in [3.05, 3.63) is 24.3 Å². The van der Waals surface area contributed by atoms with E-state index in [1.807, 2.05) is 29.2 Å². The molecule has 1 aromatic rings. The molecule has 2 saturated heterocycles. The minimum Gasteiger partial charge on any atom is -0.368 e. The molecule has 7 nitrogen and oxygen atoms in total. The standard InChI is InChI=1S/C19H26N4O3/c20-19(26)16-4-1-2-11-22(16)13-10-17(24)21-14-6-8-15(9-7-14)23-12-3-5-18(23)25/h6-9,16H,1-5,10-13H2,(H2,20,26)(H,21,24)/t16-/m0/s1.